The molecule has 0 radical (unpaired) electrons. The monoisotopic (exact) mass is 546 g/mol. The molecule has 2 heterocycles. The van der Waals surface area contributed by atoms with Crippen molar-refractivity contribution < 1.29 is 28.7 Å². The summed E-state index contributed by atoms with van der Waals surface area (Å²) in [5, 5.41) is 15.2. The van der Waals surface area contributed by atoms with Gasteiger partial charge in [-0.15, -0.1) is 0 Å². The van der Waals surface area contributed by atoms with Gasteiger partial charge >= 0.3 is 0 Å². The van der Waals surface area contributed by atoms with E-state index in [1.54, 1.807) is 11.0 Å². The van der Waals surface area contributed by atoms with Crippen LogP contribution in [0.5, 0.6) is 5.75 Å². The van der Waals surface area contributed by atoms with E-state index in [4.69, 9.17) is 10.5 Å². The van der Waals surface area contributed by atoms with Crippen LogP contribution in [-0.2, 0) is 14.4 Å². The van der Waals surface area contributed by atoms with Gasteiger partial charge in [-0.3, -0.25) is 14.4 Å². The van der Waals surface area contributed by atoms with E-state index in [9.17, 15) is 19.5 Å². The molecular formula is C29H48N5O5+. The second-order valence-corrected chi connectivity index (χ2v) is 11.8. The molecule has 10 nitrogen and oxygen atoms in total. The summed E-state index contributed by atoms with van der Waals surface area (Å²) in [6.07, 6.45) is 6.47. The number of hydrogen-bond donors (Lipinski definition) is 4. The Bertz CT molecular complexity index is 966. The SMILES string of the molecule is C[N+](C)(C)CCCC[C@@H]1NC(=O)[C@H]2C[C@@H](C(=O)NCCCCCCN)[C@@H](c3cccc(OCCO)c3)N2C1=O. The van der Waals surface area contributed by atoms with Gasteiger partial charge < -0.3 is 35.6 Å². The highest BCUT2D eigenvalue weighted by Crippen LogP contribution is 2.44. The summed E-state index contributed by atoms with van der Waals surface area (Å²) < 4.78 is 6.46. The van der Waals surface area contributed by atoms with Crippen LogP contribution < -0.4 is 21.1 Å². The molecule has 0 saturated carbocycles. The highest BCUT2D eigenvalue weighted by atomic mass is 16.5. The van der Waals surface area contributed by atoms with E-state index in [-0.39, 0.29) is 37.4 Å². The van der Waals surface area contributed by atoms with Crippen LogP contribution in [0.2, 0.25) is 0 Å². The maximum Gasteiger partial charge on any atom is 0.246 e. The van der Waals surface area contributed by atoms with Crippen molar-refractivity contribution in [1.29, 1.82) is 0 Å². The maximum atomic E-state index is 13.8. The molecule has 0 spiro atoms. The molecule has 3 rings (SSSR count). The molecule has 0 aromatic heterocycles. The zero-order chi connectivity index (χ0) is 28.4. The molecule has 2 aliphatic heterocycles. The van der Waals surface area contributed by atoms with Crippen LogP contribution >= 0.6 is 0 Å². The first-order valence-electron chi connectivity index (χ1n) is 14.4. The van der Waals surface area contributed by atoms with Crippen LogP contribution in [0.3, 0.4) is 0 Å². The normalized spacial score (nSPS) is 22.9. The maximum absolute atomic E-state index is 13.8. The van der Waals surface area contributed by atoms with Crippen molar-refractivity contribution in [3.05, 3.63) is 29.8 Å². The van der Waals surface area contributed by atoms with Gasteiger partial charge in [0, 0.05) is 6.54 Å². The van der Waals surface area contributed by atoms with Crippen molar-refractivity contribution in [2.45, 2.75) is 69.5 Å². The second kappa shape index (κ2) is 14.6. The lowest BCUT2D eigenvalue weighted by Gasteiger charge is -2.38. The number of aliphatic hydroxyl groups is 1. The third-order valence-corrected chi connectivity index (χ3v) is 7.56. The topological polar surface area (TPSA) is 134 Å². The average molecular weight is 547 g/mol. The Morgan fingerprint density at radius 1 is 1.15 bits per heavy atom. The number of piperazine rings is 1. The quantitative estimate of drug-likeness (QED) is 0.183. The van der Waals surface area contributed by atoms with Gasteiger partial charge in [-0.05, 0) is 62.8 Å². The highest BCUT2D eigenvalue weighted by molar-refractivity contribution is 5.99. The number of nitrogens with one attached hydrogen (secondary N) is 2. The zero-order valence-electron chi connectivity index (χ0n) is 23.9. The number of carbonyl (C=O) groups excluding carboxylic acids is 3. The van der Waals surface area contributed by atoms with Crippen LogP contribution in [0.15, 0.2) is 24.3 Å². The van der Waals surface area contributed by atoms with Gasteiger partial charge in [-0.1, -0.05) is 25.0 Å². The number of unbranched alkanes of at least 4 members (excludes halogenated alkanes) is 4. The number of quaternary nitrogens is 1. The molecule has 218 valence electrons. The number of benzene rings is 1. The first kappa shape index (κ1) is 30.8. The van der Waals surface area contributed by atoms with Crippen molar-refractivity contribution >= 4 is 17.7 Å². The number of nitrogens with two attached hydrogens (primary N) is 1. The summed E-state index contributed by atoms with van der Waals surface area (Å²) in [4.78, 5) is 42.2. The number of nitrogens with zero attached hydrogens (tertiary/aromatic N) is 2. The molecule has 2 saturated heterocycles. The van der Waals surface area contributed by atoms with E-state index in [2.05, 4.69) is 31.8 Å². The first-order valence-corrected chi connectivity index (χ1v) is 14.4. The minimum Gasteiger partial charge on any atom is -0.491 e. The Labute approximate surface area is 232 Å². The van der Waals surface area contributed by atoms with Crippen LogP contribution in [0, 0.1) is 5.92 Å². The standard InChI is InChI=1S/C29H47N5O5/c1-34(2,3)16-9-6-13-24-29(38)33-25(28(37)32-24)20-23(27(36)31-15-8-5-4-7-14-30)26(33)21-11-10-12-22(19-21)39-18-17-35/h10-12,19,23-26,35H,4-9,13-18,20,30H2,1-3H3,(H-,31,32,36,37)/p+1/t23-,24+,25-,26-/m1/s1. The van der Waals surface area contributed by atoms with Crippen LogP contribution in [-0.4, -0.2) is 98.3 Å². The summed E-state index contributed by atoms with van der Waals surface area (Å²) >= 11 is 0. The third-order valence-electron chi connectivity index (χ3n) is 7.56. The first-order chi connectivity index (χ1) is 18.7. The van der Waals surface area contributed by atoms with Gasteiger partial charge in [-0.25, -0.2) is 0 Å². The molecule has 10 heteroatoms. The van der Waals surface area contributed by atoms with E-state index < -0.39 is 24.0 Å². The zero-order valence-corrected chi connectivity index (χ0v) is 23.9. The molecule has 4 atom stereocenters. The molecule has 2 fully saturated rings. The molecule has 1 aromatic rings. The van der Waals surface area contributed by atoms with Gasteiger partial charge in [0.1, 0.15) is 24.4 Å². The number of aliphatic hydroxyl groups excluding tert-OH is 1. The lowest BCUT2D eigenvalue weighted by molar-refractivity contribution is -0.870. The third kappa shape index (κ3) is 8.65. The summed E-state index contributed by atoms with van der Waals surface area (Å²) in [7, 11) is 6.41. The Hall–Kier alpha value is -2.69. The van der Waals surface area contributed by atoms with Gasteiger partial charge in [0.05, 0.1) is 46.3 Å². The van der Waals surface area contributed by atoms with Crippen molar-refractivity contribution in [3.8, 4) is 5.75 Å². The van der Waals surface area contributed by atoms with Gasteiger partial charge in [0.25, 0.3) is 0 Å². The van der Waals surface area contributed by atoms with E-state index in [1.165, 1.54) is 0 Å². The number of fused-ring (bicyclic) bond motifs is 1. The predicted molar refractivity (Wildman–Crippen MR) is 150 cm³/mol. The minimum atomic E-state index is -0.688. The highest BCUT2D eigenvalue weighted by Gasteiger charge is 2.54. The fourth-order valence-corrected chi connectivity index (χ4v) is 5.60. The molecular weight excluding hydrogens is 498 g/mol. The Morgan fingerprint density at radius 3 is 2.64 bits per heavy atom. The Kier molecular flexibility index (Phi) is 11.6. The van der Waals surface area contributed by atoms with Gasteiger partial charge in [-0.2, -0.15) is 0 Å². The van der Waals surface area contributed by atoms with Crippen LogP contribution in [0.25, 0.3) is 0 Å². The van der Waals surface area contributed by atoms with Crippen molar-refractivity contribution in [1.82, 2.24) is 15.5 Å². The second-order valence-electron chi connectivity index (χ2n) is 11.8. The molecule has 0 bridgehead atoms. The van der Waals surface area contributed by atoms with E-state index in [0.29, 0.717) is 25.3 Å². The molecule has 1 aromatic carbocycles. The molecule has 0 aliphatic carbocycles. The van der Waals surface area contributed by atoms with Crippen LogP contribution in [0.4, 0.5) is 0 Å². The fraction of sp³-hybridized carbons (Fsp3) is 0.690. The number of carbonyl (C=O) groups is 3. The lowest BCUT2D eigenvalue weighted by Crippen LogP contribution is -2.61. The van der Waals surface area contributed by atoms with Crippen molar-refractivity contribution in [2.24, 2.45) is 11.7 Å². The molecule has 2 aliphatic rings. The van der Waals surface area contributed by atoms with Gasteiger partial charge in [0.15, 0.2) is 0 Å². The average Bonchev–Trinajstić information content (AvgIpc) is 3.31. The van der Waals surface area contributed by atoms with E-state index >= 15 is 0 Å². The predicted octanol–water partition coefficient (Wildman–Crippen LogP) is 1.33. The van der Waals surface area contributed by atoms with Crippen LogP contribution in [0.1, 0.15) is 63.0 Å². The number of hydrogen-bond acceptors (Lipinski definition) is 6. The summed E-state index contributed by atoms with van der Waals surface area (Å²) in [6.45, 7) is 2.23. The summed E-state index contributed by atoms with van der Waals surface area (Å²) in [5.41, 5.74) is 6.32. The number of rotatable bonds is 16. The van der Waals surface area contributed by atoms with Crippen molar-refractivity contribution in [2.75, 3.05) is 54.0 Å². The lowest BCUT2D eigenvalue weighted by atomic mass is 9.92. The Morgan fingerprint density at radius 2 is 1.92 bits per heavy atom. The Balaban J connectivity index is 1.79. The van der Waals surface area contributed by atoms with Crippen molar-refractivity contribution in [3.63, 3.8) is 0 Å². The molecule has 39 heavy (non-hydrogen) atoms. The number of ether oxygens (including phenoxy) is 1. The summed E-state index contributed by atoms with van der Waals surface area (Å²) in [5.74, 6) is -0.474. The van der Waals surface area contributed by atoms with E-state index in [0.717, 1.165) is 55.1 Å². The fourth-order valence-electron chi connectivity index (χ4n) is 5.60. The molecule has 0 unspecified atom stereocenters. The van der Waals surface area contributed by atoms with E-state index in [1.807, 2.05) is 18.2 Å². The van der Waals surface area contributed by atoms with Gasteiger partial charge in [0.2, 0.25) is 17.7 Å². The molecule has 5 N–H and O–H groups in total. The largest absolute Gasteiger partial charge is 0.491 e. The smallest absolute Gasteiger partial charge is 0.246 e. The summed E-state index contributed by atoms with van der Waals surface area (Å²) in [6, 6.07) is 5.43. The molecule has 3 amide bonds. The minimum absolute atomic E-state index is 0.118. The number of amides is 3.